The average molecular weight is 459 g/mol. The number of phenols is 1. The van der Waals surface area contributed by atoms with Gasteiger partial charge in [0.1, 0.15) is 11.3 Å². The van der Waals surface area contributed by atoms with Crippen molar-refractivity contribution in [1.29, 1.82) is 0 Å². The van der Waals surface area contributed by atoms with Gasteiger partial charge in [-0.15, -0.1) is 0 Å². The summed E-state index contributed by atoms with van der Waals surface area (Å²) in [5.74, 6) is 0.0474. The number of carboxylic acid groups (broad SMARTS) is 1. The van der Waals surface area contributed by atoms with Crippen molar-refractivity contribution in [3.8, 4) is 5.75 Å². The van der Waals surface area contributed by atoms with E-state index in [1.54, 1.807) is 6.07 Å². The summed E-state index contributed by atoms with van der Waals surface area (Å²) >= 11 is 0. The lowest BCUT2D eigenvalue weighted by Crippen LogP contribution is -2.08. The number of carbonyl (C=O) groups is 1. The maximum absolute atomic E-state index is 11.7. The molecule has 3 rings (SSSR count). The number of aromatic hydroxyl groups is 1. The highest BCUT2D eigenvalue weighted by atomic mass is 16.4. The number of hydrogen-bond acceptors (Lipinski definition) is 2. The van der Waals surface area contributed by atoms with Gasteiger partial charge in [0, 0.05) is 5.92 Å². The molecule has 4 unspecified atom stereocenters. The van der Waals surface area contributed by atoms with Crippen LogP contribution in [0.5, 0.6) is 5.75 Å². The maximum atomic E-state index is 11.7. The third kappa shape index (κ3) is 5.88. The molecule has 0 amide bonds. The molecule has 3 heteroatoms. The van der Waals surface area contributed by atoms with Crippen LogP contribution >= 0.6 is 0 Å². The fraction of sp³-hybridized carbons (Fsp3) is 0.387. The van der Waals surface area contributed by atoms with Crippen LogP contribution in [0.25, 0.3) is 0 Å². The van der Waals surface area contributed by atoms with E-state index in [0.29, 0.717) is 11.8 Å². The van der Waals surface area contributed by atoms with E-state index in [1.807, 2.05) is 6.07 Å². The van der Waals surface area contributed by atoms with Crippen LogP contribution in [0.3, 0.4) is 0 Å². The Hall–Kier alpha value is -3.07. The number of aromatic carboxylic acids is 1. The van der Waals surface area contributed by atoms with Crippen LogP contribution < -0.4 is 0 Å². The zero-order chi connectivity index (χ0) is 24.8. The first kappa shape index (κ1) is 25.6. The molecule has 0 aliphatic heterocycles. The SMILES string of the molecule is CCC(C)c1ccc(C(C)CC(c2ccc(C(C)CC)cc2)c2ccc(O)c(C(=O)O)c2)cc1. The minimum absolute atomic E-state index is 0.0222. The Kier molecular flexibility index (Phi) is 8.55. The molecule has 34 heavy (non-hydrogen) atoms. The van der Waals surface area contributed by atoms with Crippen molar-refractivity contribution in [1.82, 2.24) is 0 Å². The molecule has 3 aromatic carbocycles. The predicted molar refractivity (Wildman–Crippen MR) is 140 cm³/mol. The monoisotopic (exact) mass is 458 g/mol. The lowest BCUT2D eigenvalue weighted by molar-refractivity contribution is 0.0693. The van der Waals surface area contributed by atoms with Crippen LogP contribution in [-0.4, -0.2) is 16.2 Å². The van der Waals surface area contributed by atoms with Crippen molar-refractivity contribution in [2.45, 2.75) is 77.6 Å². The Morgan fingerprint density at radius 1 is 0.676 bits per heavy atom. The van der Waals surface area contributed by atoms with Gasteiger partial charge < -0.3 is 10.2 Å². The molecular formula is C31H38O3. The summed E-state index contributed by atoms with van der Waals surface area (Å²) in [7, 11) is 0. The van der Waals surface area contributed by atoms with Gasteiger partial charge in [-0.05, 0) is 77.0 Å². The molecule has 3 aromatic rings. The van der Waals surface area contributed by atoms with Gasteiger partial charge in [-0.3, -0.25) is 0 Å². The first-order chi connectivity index (χ1) is 16.2. The molecule has 3 nitrogen and oxygen atoms in total. The van der Waals surface area contributed by atoms with Crippen molar-refractivity contribution in [3.63, 3.8) is 0 Å². The van der Waals surface area contributed by atoms with E-state index in [0.717, 1.165) is 30.4 Å². The smallest absolute Gasteiger partial charge is 0.339 e. The summed E-state index contributed by atoms with van der Waals surface area (Å²) < 4.78 is 0. The van der Waals surface area contributed by atoms with Crippen molar-refractivity contribution in [2.24, 2.45) is 0 Å². The third-order valence-corrected chi connectivity index (χ3v) is 7.45. The molecule has 0 bridgehead atoms. The number of carboxylic acids is 1. The fourth-order valence-corrected chi connectivity index (χ4v) is 4.58. The molecule has 0 radical (unpaired) electrons. The molecule has 2 N–H and O–H groups in total. The van der Waals surface area contributed by atoms with Crippen molar-refractivity contribution >= 4 is 5.97 Å². The van der Waals surface area contributed by atoms with Crippen LogP contribution in [-0.2, 0) is 0 Å². The van der Waals surface area contributed by atoms with Crippen LogP contribution in [0.1, 0.15) is 116 Å². The van der Waals surface area contributed by atoms with E-state index in [1.165, 1.54) is 22.8 Å². The van der Waals surface area contributed by atoms with Gasteiger partial charge in [0.15, 0.2) is 0 Å². The largest absolute Gasteiger partial charge is 0.507 e. The zero-order valence-electron chi connectivity index (χ0n) is 21.1. The quantitative estimate of drug-likeness (QED) is 0.320. The van der Waals surface area contributed by atoms with E-state index in [2.05, 4.69) is 83.1 Å². The van der Waals surface area contributed by atoms with Crippen LogP contribution in [0.4, 0.5) is 0 Å². The molecule has 0 spiro atoms. The zero-order valence-corrected chi connectivity index (χ0v) is 21.1. The van der Waals surface area contributed by atoms with E-state index >= 15 is 0 Å². The molecule has 4 atom stereocenters. The highest BCUT2D eigenvalue weighted by Crippen LogP contribution is 2.37. The molecule has 0 saturated carbocycles. The van der Waals surface area contributed by atoms with E-state index in [4.69, 9.17) is 0 Å². The van der Waals surface area contributed by atoms with Crippen molar-refractivity contribution in [2.75, 3.05) is 0 Å². The normalized spacial score (nSPS) is 14.9. The molecular weight excluding hydrogens is 420 g/mol. The van der Waals surface area contributed by atoms with Crippen LogP contribution in [0.2, 0.25) is 0 Å². The number of hydrogen-bond donors (Lipinski definition) is 2. The molecule has 0 fully saturated rings. The summed E-state index contributed by atoms with van der Waals surface area (Å²) in [5.41, 5.74) is 5.98. The molecule has 180 valence electrons. The van der Waals surface area contributed by atoms with Crippen molar-refractivity contribution < 1.29 is 15.0 Å². The Labute approximate surface area is 204 Å². The topological polar surface area (TPSA) is 57.5 Å². The van der Waals surface area contributed by atoms with E-state index in [-0.39, 0.29) is 23.1 Å². The standard InChI is InChI=1S/C31H38O3/c1-6-20(3)23-8-10-25(11-9-23)22(5)18-28(26-14-12-24(13-15-26)21(4)7-2)27-16-17-30(32)29(19-27)31(33)34/h8-17,19-22,28,32H,6-7,18H2,1-5H3,(H,33,34). The summed E-state index contributed by atoms with van der Waals surface area (Å²) in [4.78, 5) is 11.7. The maximum Gasteiger partial charge on any atom is 0.339 e. The summed E-state index contributed by atoms with van der Waals surface area (Å²) in [6.45, 7) is 11.1. The number of rotatable bonds is 10. The van der Waals surface area contributed by atoms with Gasteiger partial charge in [-0.2, -0.15) is 0 Å². The van der Waals surface area contributed by atoms with E-state index in [9.17, 15) is 15.0 Å². The molecule has 0 aliphatic carbocycles. The highest BCUT2D eigenvalue weighted by molar-refractivity contribution is 5.91. The first-order valence-corrected chi connectivity index (χ1v) is 12.5. The minimum atomic E-state index is -1.11. The molecule has 0 aliphatic rings. The van der Waals surface area contributed by atoms with E-state index < -0.39 is 5.97 Å². The lowest BCUT2D eigenvalue weighted by Gasteiger charge is -2.24. The van der Waals surface area contributed by atoms with Gasteiger partial charge >= 0.3 is 5.97 Å². The van der Waals surface area contributed by atoms with Crippen LogP contribution in [0, 0.1) is 0 Å². The highest BCUT2D eigenvalue weighted by Gasteiger charge is 2.22. The van der Waals surface area contributed by atoms with Gasteiger partial charge in [0.25, 0.3) is 0 Å². The third-order valence-electron chi connectivity index (χ3n) is 7.45. The average Bonchev–Trinajstić information content (AvgIpc) is 2.86. The fourth-order valence-electron chi connectivity index (χ4n) is 4.58. The molecule has 0 aromatic heterocycles. The minimum Gasteiger partial charge on any atom is -0.507 e. The second-order valence-electron chi connectivity index (χ2n) is 9.72. The van der Waals surface area contributed by atoms with Gasteiger partial charge in [-0.1, -0.05) is 89.2 Å². The van der Waals surface area contributed by atoms with Gasteiger partial charge in [0.2, 0.25) is 0 Å². The second-order valence-corrected chi connectivity index (χ2v) is 9.72. The molecule has 0 saturated heterocycles. The number of benzene rings is 3. The van der Waals surface area contributed by atoms with Gasteiger partial charge in [0.05, 0.1) is 0 Å². The summed E-state index contributed by atoms with van der Waals surface area (Å²) in [6.07, 6.45) is 3.05. The van der Waals surface area contributed by atoms with Crippen LogP contribution in [0.15, 0.2) is 66.7 Å². The Balaban J connectivity index is 1.96. The molecule has 0 heterocycles. The second kappa shape index (κ2) is 11.4. The predicted octanol–water partition coefficient (Wildman–Crippen LogP) is 8.44. The summed E-state index contributed by atoms with van der Waals surface area (Å²) in [6, 6.07) is 22.7. The van der Waals surface area contributed by atoms with Crippen molar-refractivity contribution in [3.05, 3.63) is 100 Å². The first-order valence-electron chi connectivity index (χ1n) is 12.5. The lowest BCUT2D eigenvalue weighted by atomic mass is 9.80. The Morgan fingerprint density at radius 3 is 1.53 bits per heavy atom. The Bertz CT molecular complexity index is 1080. The Morgan fingerprint density at radius 2 is 1.09 bits per heavy atom. The summed E-state index contributed by atoms with van der Waals surface area (Å²) in [5, 5.41) is 19.6. The van der Waals surface area contributed by atoms with Gasteiger partial charge in [-0.25, -0.2) is 4.79 Å².